The van der Waals surface area contributed by atoms with Crippen LogP contribution in [0, 0.1) is 0 Å². The van der Waals surface area contributed by atoms with E-state index in [4.69, 9.17) is 11.5 Å². The molecule has 1 unspecified atom stereocenters. The number of nitrogen functional groups attached to an aromatic ring is 2. The first kappa shape index (κ1) is 17.0. The normalized spacial score (nSPS) is 15.5. The maximum Gasteiger partial charge on any atom is 0.0802 e. The Balaban J connectivity index is 2.05. The molecule has 0 saturated carbocycles. The SMILES string of the molecule is CCCN1c2cc(N)cc(Br)c2-c2ccc(N)cc2C1c1ccccc1. The van der Waals surface area contributed by atoms with E-state index in [0.29, 0.717) is 0 Å². The lowest BCUT2D eigenvalue weighted by Crippen LogP contribution is -2.34. The van der Waals surface area contributed by atoms with Crippen LogP contribution in [0.3, 0.4) is 0 Å². The van der Waals surface area contributed by atoms with E-state index in [1.54, 1.807) is 0 Å². The summed E-state index contributed by atoms with van der Waals surface area (Å²) in [4.78, 5) is 2.45. The Morgan fingerprint density at radius 3 is 2.46 bits per heavy atom. The van der Waals surface area contributed by atoms with Gasteiger partial charge in [0.2, 0.25) is 0 Å². The van der Waals surface area contributed by atoms with E-state index in [2.05, 4.69) is 76.3 Å². The van der Waals surface area contributed by atoms with Crippen molar-refractivity contribution in [1.82, 2.24) is 0 Å². The molecule has 132 valence electrons. The van der Waals surface area contributed by atoms with Crippen LogP contribution in [0.2, 0.25) is 0 Å². The first-order chi connectivity index (χ1) is 12.6. The largest absolute Gasteiger partial charge is 0.399 e. The highest BCUT2D eigenvalue weighted by Gasteiger charge is 2.33. The quantitative estimate of drug-likeness (QED) is 0.555. The van der Waals surface area contributed by atoms with Gasteiger partial charge in [-0.15, -0.1) is 0 Å². The van der Waals surface area contributed by atoms with Crippen molar-refractivity contribution in [1.29, 1.82) is 0 Å². The summed E-state index contributed by atoms with van der Waals surface area (Å²) in [5, 5.41) is 0. The molecule has 4 heteroatoms. The number of halogens is 1. The topological polar surface area (TPSA) is 55.3 Å². The van der Waals surface area contributed by atoms with Gasteiger partial charge in [0.05, 0.1) is 6.04 Å². The number of benzene rings is 3. The molecule has 3 aromatic rings. The summed E-state index contributed by atoms with van der Waals surface area (Å²) in [6.07, 6.45) is 1.05. The van der Waals surface area contributed by atoms with Crippen molar-refractivity contribution in [2.24, 2.45) is 0 Å². The molecule has 3 nitrogen and oxygen atoms in total. The lowest BCUT2D eigenvalue weighted by molar-refractivity contribution is 0.683. The van der Waals surface area contributed by atoms with Gasteiger partial charge in [-0.2, -0.15) is 0 Å². The smallest absolute Gasteiger partial charge is 0.0802 e. The fourth-order valence-corrected chi connectivity index (χ4v) is 4.61. The Labute approximate surface area is 162 Å². The zero-order chi connectivity index (χ0) is 18.3. The van der Waals surface area contributed by atoms with Crippen LogP contribution in [0.25, 0.3) is 11.1 Å². The predicted octanol–water partition coefficient (Wildman–Crippen LogP) is 5.60. The first-order valence-corrected chi connectivity index (χ1v) is 9.70. The molecule has 0 aromatic heterocycles. The van der Waals surface area contributed by atoms with E-state index < -0.39 is 0 Å². The molecule has 0 saturated heterocycles. The number of nitrogens with zero attached hydrogens (tertiary/aromatic N) is 1. The molecule has 0 amide bonds. The molecule has 1 aliphatic rings. The third-order valence-electron chi connectivity index (χ3n) is 4.93. The van der Waals surface area contributed by atoms with E-state index in [-0.39, 0.29) is 6.04 Å². The van der Waals surface area contributed by atoms with Crippen LogP contribution in [0.4, 0.5) is 17.1 Å². The molecule has 0 aliphatic carbocycles. The molecule has 1 heterocycles. The maximum absolute atomic E-state index is 6.19. The molecule has 26 heavy (non-hydrogen) atoms. The van der Waals surface area contributed by atoms with Crippen LogP contribution >= 0.6 is 15.9 Å². The molecule has 4 N–H and O–H groups in total. The number of hydrogen-bond donors (Lipinski definition) is 2. The molecule has 0 radical (unpaired) electrons. The van der Waals surface area contributed by atoms with E-state index in [1.807, 2.05) is 12.1 Å². The third kappa shape index (κ3) is 2.74. The molecule has 0 bridgehead atoms. The Hall–Kier alpha value is -2.46. The average molecular weight is 408 g/mol. The molecule has 1 atom stereocenters. The third-order valence-corrected chi connectivity index (χ3v) is 5.56. The summed E-state index contributed by atoms with van der Waals surface area (Å²) >= 11 is 3.74. The van der Waals surface area contributed by atoms with Crippen molar-refractivity contribution in [2.75, 3.05) is 22.9 Å². The van der Waals surface area contributed by atoms with Crippen molar-refractivity contribution < 1.29 is 0 Å². The Kier molecular flexibility index (Phi) is 4.37. The number of fused-ring (bicyclic) bond motifs is 3. The van der Waals surface area contributed by atoms with Crippen molar-refractivity contribution >= 4 is 33.0 Å². The number of anilines is 3. The van der Waals surface area contributed by atoms with Gasteiger partial charge >= 0.3 is 0 Å². The van der Waals surface area contributed by atoms with Crippen LogP contribution in [0.1, 0.15) is 30.5 Å². The maximum atomic E-state index is 6.19. The van der Waals surface area contributed by atoms with Gasteiger partial charge in [-0.05, 0) is 63.3 Å². The molecular formula is C22H22BrN3. The van der Waals surface area contributed by atoms with E-state index >= 15 is 0 Å². The van der Waals surface area contributed by atoms with Crippen molar-refractivity contribution in [2.45, 2.75) is 19.4 Å². The van der Waals surface area contributed by atoms with Crippen molar-refractivity contribution in [3.05, 3.63) is 76.3 Å². The van der Waals surface area contributed by atoms with Crippen LogP contribution in [-0.4, -0.2) is 6.54 Å². The monoisotopic (exact) mass is 407 g/mol. The summed E-state index contributed by atoms with van der Waals surface area (Å²) < 4.78 is 1.02. The van der Waals surface area contributed by atoms with E-state index in [1.165, 1.54) is 27.9 Å². The number of hydrogen-bond acceptors (Lipinski definition) is 3. The standard InChI is InChI=1S/C22H22BrN3/c1-2-10-26-20-13-16(25)12-19(23)21(20)17-9-8-15(24)11-18(17)22(26)14-6-4-3-5-7-14/h3-9,11-13,22H,2,10,24-25H2,1H3. The zero-order valence-corrected chi connectivity index (χ0v) is 16.3. The van der Waals surface area contributed by atoms with Gasteiger partial charge in [0.25, 0.3) is 0 Å². The molecule has 4 rings (SSSR count). The molecule has 3 aromatic carbocycles. The second kappa shape index (κ2) is 6.69. The molecular weight excluding hydrogens is 386 g/mol. The van der Waals surface area contributed by atoms with Gasteiger partial charge < -0.3 is 16.4 Å². The highest BCUT2D eigenvalue weighted by atomic mass is 79.9. The fraction of sp³-hybridized carbons (Fsp3) is 0.182. The first-order valence-electron chi connectivity index (χ1n) is 8.90. The summed E-state index contributed by atoms with van der Waals surface area (Å²) in [6, 6.07) is 21.0. The lowest BCUT2D eigenvalue weighted by atomic mass is 9.84. The highest BCUT2D eigenvalue weighted by Crippen LogP contribution is 2.51. The number of nitrogens with two attached hydrogens (primary N) is 2. The summed E-state index contributed by atoms with van der Waals surface area (Å²) in [5.74, 6) is 0. The van der Waals surface area contributed by atoms with Gasteiger partial charge in [0, 0.05) is 33.6 Å². The van der Waals surface area contributed by atoms with Crippen molar-refractivity contribution in [3.63, 3.8) is 0 Å². The number of rotatable bonds is 3. The van der Waals surface area contributed by atoms with Crippen LogP contribution in [0.15, 0.2) is 65.1 Å². The minimum absolute atomic E-state index is 0.121. The second-order valence-corrected chi connectivity index (χ2v) is 7.60. The molecule has 0 spiro atoms. The summed E-state index contributed by atoms with van der Waals surface area (Å²) in [6.45, 7) is 3.15. The minimum Gasteiger partial charge on any atom is -0.399 e. The van der Waals surface area contributed by atoms with Crippen LogP contribution in [0.5, 0.6) is 0 Å². The van der Waals surface area contributed by atoms with Gasteiger partial charge in [0.15, 0.2) is 0 Å². The summed E-state index contributed by atoms with van der Waals surface area (Å²) in [7, 11) is 0. The van der Waals surface area contributed by atoms with Gasteiger partial charge in [-0.1, -0.05) is 43.3 Å². The van der Waals surface area contributed by atoms with Crippen molar-refractivity contribution in [3.8, 4) is 11.1 Å². The predicted molar refractivity (Wildman–Crippen MR) is 114 cm³/mol. The summed E-state index contributed by atoms with van der Waals surface area (Å²) in [5.41, 5.74) is 20.0. The Bertz CT molecular complexity index is 953. The molecule has 0 fully saturated rings. The zero-order valence-electron chi connectivity index (χ0n) is 14.7. The van der Waals surface area contributed by atoms with Crippen LogP contribution < -0.4 is 16.4 Å². The van der Waals surface area contributed by atoms with Crippen LogP contribution in [-0.2, 0) is 0 Å². The fourth-order valence-electron chi connectivity index (χ4n) is 3.93. The van der Waals surface area contributed by atoms with E-state index in [0.717, 1.165) is 28.8 Å². The van der Waals surface area contributed by atoms with Gasteiger partial charge in [0.1, 0.15) is 0 Å². The second-order valence-electron chi connectivity index (χ2n) is 6.75. The Morgan fingerprint density at radius 2 is 1.73 bits per heavy atom. The lowest BCUT2D eigenvalue weighted by Gasteiger charge is -2.41. The minimum atomic E-state index is 0.121. The highest BCUT2D eigenvalue weighted by molar-refractivity contribution is 9.10. The molecule has 1 aliphatic heterocycles. The Morgan fingerprint density at radius 1 is 0.962 bits per heavy atom. The van der Waals surface area contributed by atoms with E-state index in [9.17, 15) is 0 Å². The average Bonchev–Trinajstić information content (AvgIpc) is 2.62. The van der Waals surface area contributed by atoms with Gasteiger partial charge in [-0.25, -0.2) is 0 Å². The van der Waals surface area contributed by atoms with Gasteiger partial charge in [-0.3, -0.25) is 0 Å².